The summed E-state index contributed by atoms with van der Waals surface area (Å²) in [5, 5.41) is 3.16. The van der Waals surface area contributed by atoms with Crippen molar-refractivity contribution >= 4 is 6.03 Å². The van der Waals surface area contributed by atoms with Crippen LogP contribution in [0.1, 0.15) is 37.7 Å². The van der Waals surface area contributed by atoms with E-state index in [0.717, 1.165) is 18.4 Å². The molecule has 1 aromatic rings. The van der Waals surface area contributed by atoms with Gasteiger partial charge in [0.15, 0.2) is 0 Å². The number of carbonyl (C=O) groups excluding carboxylic acids is 1. The van der Waals surface area contributed by atoms with Gasteiger partial charge in [0, 0.05) is 38.6 Å². The van der Waals surface area contributed by atoms with E-state index < -0.39 is 0 Å². The molecule has 1 aromatic heterocycles. The quantitative estimate of drug-likeness (QED) is 0.876. The van der Waals surface area contributed by atoms with Gasteiger partial charge in [-0.3, -0.25) is 4.98 Å². The van der Waals surface area contributed by atoms with Gasteiger partial charge in [0.25, 0.3) is 0 Å². The Morgan fingerprint density at radius 2 is 2.05 bits per heavy atom. The smallest absolute Gasteiger partial charge is 0.317 e. The number of nitrogens with one attached hydrogen (secondary N) is 1. The number of aromatic nitrogens is 1. The lowest BCUT2D eigenvalue weighted by molar-refractivity contribution is 0.143. The summed E-state index contributed by atoms with van der Waals surface area (Å²) in [6.07, 6.45) is 9.42. The number of pyridine rings is 1. The van der Waals surface area contributed by atoms with Crippen molar-refractivity contribution in [1.29, 1.82) is 0 Å². The van der Waals surface area contributed by atoms with Crippen LogP contribution in [0.5, 0.6) is 0 Å². The monoisotopic (exact) mass is 291 g/mol. The minimum atomic E-state index is 0.00997. The summed E-state index contributed by atoms with van der Waals surface area (Å²) in [4.78, 5) is 18.3. The normalized spacial score (nSPS) is 15.7. The fourth-order valence-electron chi connectivity index (χ4n) is 2.68. The SMILES string of the molecule is COCCN(Cc1ccncc1)C(=O)NC1CCCCC1. The van der Waals surface area contributed by atoms with Gasteiger partial charge in [-0.2, -0.15) is 0 Å². The Labute approximate surface area is 126 Å². The molecule has 1 saturated carbocycles. The first-order valence-electron chi connectivity index (χ1n) is 7.73. The fraction of sp³-hybridized carbons (Fsp3) is 0.625. The van der Waals surface area contributed by atoms with Crippen LogP contribution in [0.2, 0.25) is 0 Å². The largest absolute Gasteiger partial charge is 0.383 e. The van der Waals surface area contributed by atoms with Gasteiger partial charge in [-0.15, -0.1) is 0 Å². The number of nitrogens with zero attached hydrogens (tertiary/aromatic N) is 2. The van der Waals surface area contributed by atoms with Crippen molar-refractivity contribution in [1.82, 2.24) is 15.2 Å². The molecule has 1 heterocycles. The molecule has 0 unspecified atom stereocenters. The number of rotatable bonds is 6. The third-order valence-electron chi connectivity index (χ3n) is 3.91. The van der Waals surface area contributed by atoms with E-state index in [0.29, 0.717) is 25.7 Å². The summed E-state index contributed by atoms with van der Waals surface area (Å²) >= 11 is 0. The van der Waals surface area contributed by atoms with Gasteiger partial charge in [-0.05, 0) is 30.5 Å². The highest BCUT2D eigenvalue weighted by Crippen LogP contribution is 2.17. The maximum Gasteiger partial charge on any atom is 0.317 e. The minimum Gasteiger partial charge on any atom is -0.383 e. The molecule has 0 spiro atoms. The van der Waals surface area contributed by atoms with Crippen LogP contribution >= 0.6 is 0 Å². The first-order valence-corrected chi connectivity index (χ1v) is 7.73. The Bertz CT molecular complexity index is 419. The highest BCUT2D eigenvalue weighted by molar-refractivity contribution is 5.74. The van der Waals surface area contributed by atoms with Crippen molar-refractivity contribution in [3.63, 3.8) is 0 Å². The van der Waals surface area contributed by atoms with E-state index >= 15 is 0 Å². The second kappa shape index (κ2) is 8.62. The van der Waals surface area contributed by atoms with Gasteiger partial charge >= 0.3 is 6.03 Å². The molecule has 1 fully saturated rings. The lowest BCUT2D eigenvalue weighted by Crippen LogP contribution is -2.46. The standard InChI is InChI=1S/C16H25N3O2/c1-21-12-11-19(13-14-7-9-17-10-8-14)16(20)18-15-5-3-2-4-6-15/h7-10,15H,2-6,11-13H2,1H3,(H,18,20). The topological polar surface area (TPSA) is 54.5 Å². The molecule has 1 aliphatic carbocycles. The van der Waals surface area contributed by atoms with Gasteiger partial charge in [0.1, 0.15) is 0 Å². The average Bonchev–Trinajstić information content (AvgIpc) is 2.53. The molecule has 2 amide bonds. The summed E-state index contributed by atoms with van der Waals surface area (Å²) in [7, 11) is 1.66. The fourth-order valence-corrected chi connectivity index (χ4v) is 2.68. The first kappa shape index (κ1) is 15.8. The molecule has 5 heteroatoms. The summed E-state index contributed by atoms with van der Waals surface area (Å²) in [5.41, 5.74) is 1.08. The van der Waals surface area contributed by atoms with Crippen LogP contribution in [-0.4, -0.2) is 42.2 Å². The van der Waals surface area contributed by atoms with E-state index in [-0.39, 0.29) is 6.03 Å². The Balaban J connectivity index is 1.92. The van der Waals surface area contributed by atoms with Gasteiger partial charge in [0.05, 0.1) is 6.61 Å². The molecular formula is C16H25N3O2. The van der Waals surface area contributed by atoms with E-state index in [4.69, 9.17) is 4.74 Å². The highest BCUT2D eigenvalue weighted by Gasteiger charge is 2.19. The predicted octanol–water partition coefficient (Wildman–Crippen LogP) is 2.57. The van der Waals surface area contributed by atoms with Crippen LogP contribution in [0, 0.1) is 0 Å². The second-order valence-corrected chi connectivity index (χ2v) is 5.55. The number of carbonyl (C=O) groups is 1. The third kappa shape index (κ3) is 5.34. The molecule has 0 aliphatic heterocycles. The molecule has 0 aromatic carbocycles. The molecular weight excluding hydrogens is 266 g/mol. The van der Waals surface area contributed by atoms with E-state index in [2.05, 4.69) is 10.3 Å². The zero-order valence-electron chi connectivity index (χ0n) is 12.8. The number of hydrogen-bond acceptors (Lipinski definition) is 3. The van der Waals surface area contributed by atoms with E-state index in [1.165, 1.54) is 19.3 Å². The van der Waals surface area contributed by atoms with E-state index in [9.17, 15) is 4.79 Å². The zero-order chi connectivity index (χ0) is 14.9. The molecule has 1 N–H and O–H groups in total. The molecule has 116 valence electrons. The summed E-state index contributed by atoms with van der Waals surface area (Å²) in [6, 6.07) is 4.21. The molecule has 0 bridgehead atoms. The zero-order valence-corrected chi connectivity index (χ0v) is 12.8. The number of ether oxygens (including phenoxy) is 1. The van der Waals surface area contributed by atoms with Gasteiger partial charge in [-0.25, -0.2) is 4.79 Å². The first-order chi connectivity index (χ1) is 10.3. The van der Waals surface area contributed by atoms with Crippen LogP contribution in [0.25, 0.3) is 0 Å². The van der Waals surface area contributed by atoms with Crippen LogP contribution in [0.3, 0.4) is 0 Å². The third-order valence-corrected chi connectivity index (χ3v) is 3.91. The molecule has 0 saturated heterocycles. The highest BCUT2D eigenvalue weighted by atomic mass is 16.5. The lowest BCUT2D eigenvalue weighted by Gasteiger charge is -2.28. The average molecular weight is 291 g/mol. The number of hydrogen-bond donors (Lipinski definition) is 1. The number of amides is 2. The maximum absolute atomic E-state index is 12.5. The van der Waals surface area contributed by atoms with Crippen molar-refractivity contribution in [3.05, 3.63) is 30.1 Å². The lowest BCUT2D eigenvalue weighted by atomic mass is 9.96. The van der Waals surface area contributed by atoms with Crippen LogP contribution < -0.4 is 5.32 Å². The van der Waals surface area contributed by atoms with E-state index in [1.807, 2.05) is 17.0 Å². The van der Waals surface area contributed by atoms with E-state index in [1.54, 1.807) is 19.5 Å². The van der Waals surface area contributed by atoms with Crippen molar-refractivity contribution in [2.24, 2.45) is 0 Å². The summed E-state index contributed by atoms with van der Waals surface area (Å²) < 4.78 is 5.12. The van der Waals surface area contributed by atoms with Gasteiger partial charge in [0.2, 0.25) is 0 Å². The van der Waals surface area contributed by atoms with Gasteiger partial charge < -0.3 is 15.0 Å². The Morgan fingerprint density at radius 3 is 2.71 bits per heavy atom. The Hall–Kier alpha value is -1.62. The molecule has 0 atom stereocenters. The van der Waals surface area contributed by atoms with Crippen LogP contribution in [0.15, 0.2) is 24.5 Å². The Morgan fingerprint density at radius 1 is 1.33 bits per heavy atom. The molecule has 1 aliphatic rings. The molecule has 5 nitrogen and oxygen atoms in total. The molecule has 21 heavy (non-hydrogen) atoms. The predicted molar refractivity (Wildman–Crippen MR) is 81.9 cm³/mol. The maximum atomic E-state index is 12.5. The minimum absolute atomic E-state index is 0.00997. The summed E-state index contributed by atoms with van der Waals surface area (Å²) in [5.74, 6) is 0. The van der Waals surface area contributed by atoms with Crippen molar-refractivity contribution in [3.8, 4) is 0 Å². The Kier molecular flexibility index (Phi) is 6.47. The number of urea groups is 1. The summed E-state index contributed by atoms with van der Waals surface area (Å²) in [6.45, 7) is 1.73. The van der Waals surface area contributed by atoms with Crippen molar-refractivity contribution in [2.75, 3.05) is 20.3 Å². The molecule has 2 rings (SSSR count). The molecule has 0 radical (unpaired) electrons. The van der Waals surface area contributed by atoms with Crippen molar-refractivity contribution in [2.45, 2.75) is 44.7 Å². The number of methoxy groups -OCH3 is 1. The second-order valence-electron chi connectivity index (χ2n) is 5.55. The van der Waals surface area contributed by atoms with Crippen LogP contribution in [-0.2, 0) is 11.3 Å². The van der Waals surface area contributed by atoms with Crippen molar-refractivity contribution < 1.29 is 9.53 Å². The van der Waals surface area contributed by atoms with Crippen LogP contribution in [0.4, 0.5) is 4.79 Å². The van der Waals surface area contributed by atoms with Gasteiger partial charge in [-0.1, -0.05) is 19.3 Å².